The predicted octanol–water partition coefficient (Wildman–Crippen LogP) is 1.82. The lowest BCUT2D eigenvalue weighted by Gasteiger charge is -2.33. The molecule has 4 rings (SSSR count). The fraction of sp³-hybridized carbons (Fsp3) is 0.333. The number of carbonyl (C=O) groups excluding carboxylic acids is 1. The van der Waals surface area contributed by atoms with E-state index in [0.717, 1.165) is 16.3 Å². The van der Waals surface area contributed by atoms with Crippen LogP contribution in [0.4, 0.5) is 0 Å². The van der Waals surface area contributed by atoms with Crippen LogP contribution in [0.15, 0.2) is 39.4 Å². The third-order valence-electron chi connectivity index (χ3n) is 4.91. The Kier molecular flexibility index (Phi) is 5.58. The summed E-state index contributed by atoms with van der Waals surface area (Å²) in [6, 6.07) is 3.40. The Bertz CT molecular complexity index is 1110. The van der Waals surface area contributed by atoms with Crippen molar-refractivity contribution in [2.45, 2.75) is 11.4 Å². The Morgan fingerprint density at radius 2 is 2.00 bits per heavy atom. The molecular formula is C18H21N5O3S3. The molecule has 0 aliphatic carbocycles. The highest BCUT2D eigenvalue weighted by Crippen LogP contribution is 2.26. The summed E-state index contributed by atoms with van der Waals surface area (Å²) in [5.74, 6) is -0.649. The normalized spacial score (nSPS) is 16.3. The Balaban J connectivity index is 1.39. The first-order valence-corrected chi connectivity index (χ1v) is 12.3. The van der Waals surface area contributed by atoms with Crippen LogP contribution in [0, 0.1) is 0 Å². The molecular weight excluding hydrogens is 430 g/mol. The summed E-state index contributed by atoms with van der Waals surface area (Å²) in [6.07, 6.45) is 1.43. The number of thiophene rings is 1. The van der Waals surface area contributed by atoms with Gasteiger partial charge < -0.3 is 10.3 Å². The summed E-state index contributed by atoms with van der Waals surface area (Å²) in [6.45, 7) is 2.74. The van der Waals surface area contributed by atoms with E-state index in [4.69, 9.17) is 10.7 Å². The molecule has 0 saturated carbocycles. The van der Waals surface area contributed by atoms with Crippen molar-refractivity contribution < 1.29 is 13.2 Å². The average molecular weight is 452 g/mol. The highest BCUT2D eigenvalue weighted by atomic mass is 32.2. The third kappa shape index (κ3) is 4.14. The van der Waals surface area contributed by atoms with Crippen LogP contribution < -0.4 is 5.73 Å². The molecule has 0 atom stereocenters. The molecule has 8 nitrogen and oxygen atoms in total. The maximum Gasteiger partial charge on any atom is 0.265 e. The number of piperazine rings is 1. The number of primary amides is 1. The number of thiazole rings is 1. The summed E-state index contributed by atoms with van der Waals surface area (Å²) in [5.41, 5.74) is 7.61. The molecule has 1 saturated heterocycles. The number of sulfonamides is 1. The first-order valence-electron chi connectivity index (χ1n) is 9.00. The first kappa shape index (κ1) is 20.2. The molecule has 0 aromatic carbocycles. The summed E-state index contributed by atoms with van der Waals surface area (Å²) in [5, 5.41) is 7.19. The molecule has 4 heterocycles. The van der Waals surface area contributed by atoms with Crippen molar-refractivity contribution in [3.8, 4) is 10.6 Å². The zero-order valence-corrected chi connectivity index (χ0v) is 18.3. The summed E-state index contributed by atoms with van der Waals surface area (Å²) in [7, 11) is -2.05. The zero-order valence-electron chi connectivity index (χ0n) is 15.8. The minimum atomic E-state index is -3.65. The molecule has 1 amide bonds. The third-order valence-corrected chi connectivity index (χ3v) is 8.39. The van der Waals surface area contributed by atoms with E-state index in [2.05, 4.69) is 21.7 Å². The number of aromatic nitrogens is 2. The van der Waals surface area contributed by atoms with Gasteiger partial charge in [0.1, 0.15) is 15.6 Å². The monoisotopic (exact) mass is 451 g/mol. The van der Waals surface area contributed by atoms with Crippen LogP contribution in [0.3, 0.4) is 0 Å². The van der Waals surface area contributed by atoms with Gasteiger partial charge in [0, 0.05) is 62.3 Å². The molecule has 3 aromatic heterocycles. The molecule has 3 aromatic rings. The topological polar surface area (TPSA) is 102 Å². The van der Waals surface area contributed by atoms with Crippen LogP contribution in [0.25, 0.3) is 10.6 Å². The van der Waals surface area contributed by atoms with Gasteiger partial charge in [0.05, 0.1) is 5.69 Å². The standard InChI is InChI=1S/C18H21N5O3S3/c1-21-10-15(8-16(21)17(19)24)29(25,26)23-5-3-22(4-6-23)9-14-12-28-18(20-14)13-2-7-27-11-13/h2,7-8,10-12H,3-6,9H2,1H3,(H2,19,24). The van der Waals surface area contributed by atoms with Gasteiger partial charge in [-0.2, -0.15) is 15.6 Å². The van der Waals surface area contributed by atoms with E-state index in [-0.39, 0.29) is 10.6 Å². The van der Waals surface area contributed by atoms with Crippen molar-refractivity contribution in [1.82, 2.24) is 18.8 Å². The van der Waals surface area contributed by atoms with Crippen LogP contribution >= 0.6 is 22.7 Å². The van der Waals surface area contributed by atoms with Gasteiger partial charge in [-0.15, -0.1) is 11.3 Å². The highest BCUT2D eigenvalue weighted by Gasteiger charge is 2.30. The quantitative estimate of drug-likeness (QED) is 0.616. The Morgan fingerprint density at radius 1 is 1.24 bits per heavy atom. The number of rotatable bonds is 6. The van der Waals surface area contributed by atoms with E-state index in [0.29, 0.717) is 32.7 Å². The zero-order chi connectivity index (χ0) is 20.6. The number of nitrogens with two attached hydrogens (primary N) is 1. The molecule has 29 heavy (non-hydrogen) atoms. The summed E-state index contributed by atoms with van der Waals surface area (Å²) >= 11 is 3.28. The second-order valence-corrected chi connectivity index (χ2v) is 10.4. The number of nitrogens with zero attached hydrogens (tertiary/aromatic N) is 4. The fourth-order valence-corrected chi connectivity index (χ4v) is 6.34. The molecule has 0 bridgehead atoms. The average Bonchev–Trinajstić information content (AvgIpc) is 3.42. The second kappa shape index (κ2) is 8.00. The molecule has 0 spiro atoms. The van der Waals surface area contributed by atoms with Crippen LogP contribution in [-0.4, -0.2) is 59.3 Å². The largest absolute Gasteiger partial charge is 0.364 e. The van der Waals surface area contributed by atoms with Gasteiger partial charge >= 0.3 is 0 Å². The van der Waals surface area contributed by atoms with Crippen molar-refractivity contribution in [3.05, 3.63) is 45.9 Å². The van der Waals surface area contributed by atoms with Gasteiger partial charge in [-0.05, 0) is 17.5 Å². The maximum absolute atomic E-state index is 12.9. The Morgan fingerprint density at radius 3 is 2.62 bits per heavy atom. The molecule has 0 unspecified atom stereocenters. The SMILES string of the molecule is Cn1cc(S(=O)(=O)N2CCN(Cc3csc(-c4ccsc4)n3)CC2)cc1C(N)=O. The number of hydrogen-bond acceptors (Lipinski definition) is 7. The number of amides is 1. The van der Waals surface area contributed by atoms with E-state index in [1.54, 1.807) is 29.7 Å². The van der Waals surface area contributed by atoms with E-state index in [1.807, 2.05) is 5.38 Å². The predicted molar refractivity (Wildman–Crippen MR) is 113 cm³/mol. The molecule has 1 aliphatic heterocycles. The Labute approximate surface area is 177 Å². The minimum absolute atomic E-state index is 0.0992. The van der Waals surface area contributed by atoms with Crippen LogP contribution in [0.2, 0.25) is 0 Å². The lowest BCUT2D eigenvalue weighted by atomic mass is 10.3. The van der Waals surface area contributed by atoms with Gasteiger partial charge in [0.25, 0.3) is 5.91 Å². The minimum Gasteiger partial charge on any atom is -0.364 e. The molecule has 0 radical (unpaired) electrons. The summed E-state index contributed by atoms with van der Waals surface area (Å²) < 4.78 is 28.7. The van der Waals surface area contributed by atoms with Crippen molar-refractivity contribution in [2.75, 3.05) is 26.2 Å². The van der Waals surface area contributed by atoms with Gasteiger partial charge in [-0.25, -0.2) is 13.4 Å². The van der Waals surface area contributed by atoms with Crippen LogP contribution in [-0.2, 0) is 23.6 Å². The molecule has 154 valence electrons. The first-order chi connectivity index (χ1) is 13.8. The lowest BCUT2D eigenvalue weighted by molar-refractivity contribution is 0.0992. The fourth-order valence-electron chi connectivity index (χ4n) is 3.32. The van der Waals surface area contributed by atoms with Crippen molar-refractivity contribution in [3.63, 3.8) is 0 Å². The number of carbonyl (C=O) groups is 1. The molecule has 11 heteroatoms. The van der Waals surface area contributed by atoms with Gasteiger partial charge in [-0.3, -0.25) is 9.69 Å². The van der Waals surface area contributed by atoms with Crippen molar-refractivity contribution in [2.24, 2.45) is 12.8 Å². The molecule has 1 aliphatic rings. The van der Waals surface area contributed by atoms with Crippen LogP contribution in [0.5, 0.6) is 0 Å². The second-order valence-electron chi connectivity index (χ2n) is 6.87. The molecule has 2 N–H and O–H groups in total. The van der Waals surface area contributed by atoms with Gasteiger partial charge in [0.15, 0.2) is 0 Å². The van der Waals surface area contributed by atoms with E-state index >= 15 is 0 Å². The van der Waals surface area contributed by atoms with E-state index < -0.39 is 15.9 Å². The maximum atomic E-state index is 12.9. The van der Waals surface area contributed by atoms with Crippen LogP contribution in [0.1, 0.15) is 16.2 Å². The van der Waals surface area contributed by atoms with Crippen molar-refractivity contribution in [1.29, 1.82) is 0 Å². The van der Waals surface area contributed by atoms with Gasteiger partial charge in [0.2, 0.25) is 10.0 Å². The number of hydrogen-bond donors (Lipinski definition) is 1. The lowest BCUT2D eigenvalue weighted by Crippen LogP contribution is -2.48. The van der Waals surface area contributed by atoms with Crippen molar-refractivity contribution >= 4 is 38.6 Å². The van der Waals surface area contributed by atoms with E-state index in [9.17, 15) is 13.2 Å². The smallest absolute Gasteiger partial charge is 0.265 e. The Hall–Kier alpha value is -2.05. The highest BCUT2D eigenvalue weighted by molar-refractivity contribution is 7.89. The number of aryl methyl sites for hydroxylation is 1. The summed E-state index contributed by atoms with van der Waals surface area (Å²) in [4.78, 5) is 18.4. The van der Waals surface area contributed by atoms with E-state index in [1.165, 1.54) is 21.1 Å². The van der Waals surface area contributed by atoms with Gasteiger partial charge in [-0.1, -0.05) is 0 Å². The molecule has 1 fully saturated rings.